The summed E-state index contributed by atoms with van der Waals surface area (Å²) >= 11 is 3.31. The number of benzene rings is 1. The molecular formula is C9H7BrN2O. The van der Waals surface area contributed by atoms with Crippen LogP contribution < -0.4 is 11.3 Å². The zero-order chi connectivity index (χ0) is 9.42. The molecule has 0 fully saturated rings. The summed E-state index contributed by atoms with van der Waals surface area (Å²) in [5.74, 6) is 0. The largest absolute Gasteiger partial charge is 0.399 e. The Kier molecular flexibility index (Phi) is 1.84. The number of hydrogen-bond donors (Lipinski definition) is 2. The van der Waals surface area contributed by atoms with Gasteiger partial charge in [0.15, 0.2) is 0 Å². The van der Waals surface area contributed by atoms with Crippen LogP contribution in [-0.4, -0.2) is 4.98 Å². The van der Waals surface area contributed by atoms with E-state index in [2.05, 4.69) is 20.9 Å². The van der Waals surface area contributed by atoms with Crippen molar-refractivity contribution in [1.29, 1.82) is 0 Å². The molecule has 0 unspecified atom stereocenters. The number of halogens is 1. The number of aromatic nitrogens is 1. The van der Waals surface area contributed by atoms with Gasteiger partial charge in [0, 0.05) is 27.1 Å². The number of hydrogen-bond acceptors (Lipinski definition) is 2. The number of nitrogens with one attached hydrogen (secondary N) is 1. The van der Waals surface area contributed by atoms with E-state index in [0.29, 0.717) is 5.69 Å². The highest BCUT2D eigenvalue weighted by molar-refractivity contribution is 9.10. The first kappa shape index (κ1) is 8.31. The standard InChI is InChI=1S/C9H7BrN2O/c10-7-4-9(13)12-8-2-1-5(11)3-6(7)8/h1-4H,11H2,(H,12,13). The first-order valence-electron chi connectivity index (χ1n) is 3.75. The van der Waals surface area contributed by atoms with Crippen molar-refractivity contribution in [3.63, 3.8) is 0 Å². The number of nitrogen functional groups attached to an aromatic ring is 1. The van der Waals surface area contributed by atoms with Crippen LogP contribution in [0.4, 0.5) is 5.69 Å². The molecule has 1 aromatic heterocycles. The van der Waals surface area contributed by atoms with Gasteiger partial charge in [-0.15, -0.1) is 0 Å². The quantitative estimate of drug-likeness (QED) is 0.689. The van der Waals surface area contributed by atoms with Crippen LogP contribution >= 0.6 is 15.9 Å². The molecule has 3 N–H and O–H groups in total. The Morgan fingerprint density at radius 1 is 1.31 bits per heavy atom. The maximum Gasteiger partial charge on any atom is 0.249 e. The molecule has 0 amide bonds. The first-order chi connectivity index (χ1) is 6.16. The number of pyridine rings is 1. The Balaban J connectivity index is 2.95. The van der Waals surface area contributed by atoms with Crippen molar-refractivity contribution >= 4 is 32.5 Å². The number of anilines is 1. The van der Waals surface area contributed by atoms with Crippen LogP contribution in [0.1, 0.15) is 0 Å². The van der Waals surface area contributed by atoms with Crippen LogP contribution in [0, 0.1) is 0 Å². The maximum absolute atomic E-state index is 11.1. The second-order valence-corrected chi connectivity index (χ2v) is 3.64. The monoisotopic (exact) mass is 238 g/mol. The van der Waals surface area contributed by atoms with Crippen LogP contribution in [0.5, 0.6) is 0 Å². The fourth-order valence-corrected chi connectivity index (χ4v) is 1.77. The van der Waals surface area contributed by atoms with E-state index in [-0.39, 0.29) is 5.56 Å². The third kappa shape index (κ3) is 1.45. The molecule has 3 nitrogen and oxygen atoms in total. The normalized spacial score (nSPS) is 10.5. The molecule has 0 radical (unpaired) electrons. The molecule has 2 rings (SSSR count). The Morgan fingerprint density at radius 3 is 2.85 bits per heavy atom. The van der Waals surface area contributed by atoms with Crippen molar-refractivity contribution in [2.24, 2.45) is 0 Å². The van der Waals surface area contributed by atoms with E-state index in [1.807, 2.05) is 6.07 Å². The molecule has 13 heavy (non-hydrogen) atoms. The highest BCUT2D eigenvalue weighted by atomic mass is 79.9. The third-order valence-electron chi connectivity index (χ3n) is 1.82. The average molecular weight is 239 g/mol. The summed E-state index contributed by atoms with van der Waals surface area (Å²) in [7, 11) is 0. The van der Waals surface area contributed by atoms with Gasteiger partial charge in [-0.25, -0.2) is 0 Å². The number of nitrogens with two attached hydrogens (primary N) is 1. The maximum atomic E-state index is 11.1. The molecule has 0 bridgehead atoms. The molecule has 0 spiro atoms. The smallest absolute Gasteiger partial charge is 0.249 e. The Bertz CT molecular complexity index is 518. The van der Waals surface area contributed by atoms with Gasteiger partial charge in [-0.05, 0) is 34.1 Å². The fourth-order valence-electron chi connectivity index (χ4n) is 1.23. The predicted octanol–water partition coefficient (Wildman–Crippen LogP) is 1.87. The van der Waals surface area contributed by atoms with E-state index in [1.54, 1.807) is 12.1 Å². The summed E-state index contributed by atoms with van der Waals surface area (Å²) < 4.78 is 0.763. The van der Waals surface area contributed by atoms with E-state index < -0.39 is 0 Å². The molecule has 0 aliphatic carbocycles. The lowest BCUT2D eigenvalue weighted by Gasteiger charge is -2.00. The molecule has 1 heterocycles. The molecule has 4 heteroatoms. The van der Waals surface area contributed by atoms with Crippen LogP contribution in [0.3, 0.4) is 0 Å². The Labute approximate surface area is 82.7 Å². The molecule has 0 saturated heterocycles. The minimum Gasteiger partial charge on any atom is -0.399 e. The Morgan fingerprint density at radius 2 is 2.08 bits per heavy atom. The molecule has 2 aromatic rings. The molecule has 1 aromatic carbocycles. The first-order valence-corrected chi connectivity index (χ1v) is 4.54. The summed E-state index contributed by atoms with van der Waals surface area (Å²) in [5, 5.41) is 0.916. The van der Waals surface area contributed by atoms with Crippen molar-refractivity contribution in [2.75, 3.05) is 5.73 Å². The summed E-state index contributed by atoms with van der Waals surface area (Å²) in [6, 6.07) is 6.85. The topological polar surface area (TPSA) is 58.9 Å². The van der Waals surface area contributed by atoms with Gasteiger partial charge < -0.3 is 10.7 Å². The van der Waals surface area contributed by atoms with Gasteiger partial charge in [0.1, 0.15) is 0 Å². The van der Waals surface area contributed by atoms with E-state index >= 15 is 0 Å². The average Bonchev–Trinajstić information content (AvgIpc) is 2.06. The van der Waals surface area contributed by atoms with Crippen molar-refractivity contribution in [3.8, 4) is 0 Å². The number of fused-ring (bicyclic) bond motifs is 1. The highest BCUT2D eigenvalue weighted by Gasteiger charge is 2.00. The highest BCUT2D eigenvalue weighted by Crippen LogP contribution is 2.22. The lowest BCUT2D eigenvalue weighted by Crippen LogP contribution is -2.03. The third-order valence-corrected chi connectivity index (χ3v) is 2.47. The van der Waals surface area contributed by atoms with Crippen molar-refractivity contribution in [2.45, 2.75) is 0 Å². The van der Waals surface area contributed by atoms with Crippen molar-refractivity contribution in [3.05, 3.63) is 39.1 Å². The lowest BCUT2D eigenvalue weighted by molar-refractivity contribution is 1.30. The Hall–Kier alpha value is -1.29. The number of rotatable bonds is 0. The van der Waals surface area contributed by atoms with Crippen molar-refractivity contribution < 1.29 is 0 Å². The van der Waals surface area contributed by atoms with Gasteiger partial charge in [-0.2, -0.15) is 0 Å². The number of H-pyrrole nitrogens is 1. The van der Waals surface area contributed by atoms with Crippen LogP contribution in [0.2, 0.25) is 0 Å². The minimum atomic E-state index is -0.121. The summed E-state index contributed by atoms with van der Waals surface area (Å²) in [5.41, 5.74) is 6.96. The molecule has 0 saturated carbocycles. The van der Waals surface area contributed by atoms with Crippen molar-refractivity contribution in [1.82, 2.24) is 4.98 Å². The van der Waals surface area contributed by atoms with Crippen LogP contribution in [0.15, 0.2) is 33.5 Å². The summed E-state index contributed by atoms with van der Waals surface area (Å²) in [6.07, 6.45) is 0. The zero-order valence-corrected chi connectivity index (χ0v) is 8.26. The molecule has 0 atom stereocenters. The summed E-state index contributed by atoms with van der Waals surface area (Å²) in [6.45, 7) is 0. The molecule has 0 aliphatic rings. The molecule has 66 valence electrons. The van der Waals surface area contributed by atoms with Gasteiger partial charge in [0.2, 0.25) is 5.56 Å². The fraction of sp³-hybridized carbons (Fsp3) is 0. The lowest BCUT2D eigenvalue weighted by atomic mass is 10.2. The van der Waals surface area contributed by atoms with Crippen LogP contribution in [-0.2, 0) is 0 Å². The zero-order valence-electron chi connectivity index (χ0n) is 6.67. The van der Waals surface area contributed by atoms with Gasteiger partial charge in [0.25, 0.3) is 0 Å². The van der Waals surface area contributed by atoms with E-state index in [0.717, 1.165) is 15.4 Å². The van der Waals surface area contributed by atoms with Gasteiger partial charge in [0.05, 0.1) is 0 Å². The van der Waals surface area contributed by atoms with Gasteiger partial charge >= 0.3 is 0 Å². The number of aromatic amines is 1. The minimum absolute atomic E-state index is 0.121. The summed E-state index contributed by atoms with van der Waals surface area (Å²) in [4.78, 5) is 13.8. The van der Waals surface area contributed by atoms with Gasteiger partial charge in [-0.1, -0.05) is 0 Å². The van der Waals surface area contributed by atoms with E-state index in [1.165, 1.54) is 6.07 Å². The van der Waals surface area contributed by atoms with Gasteiger partial charge in [-0.3, -0.25) is 4.79 Å². The second-order valence-electron chi connectivity index (χ2n) is 2.79. The predicted molar refractivity (Wildman–Crippen MR) is 56.7 cm³/mol. The SMILES string of the molecule is Nc1ccc2[nH]c(=O)cc(Br)c2c1. The second kappa shape index (κ2) is 2.88. The molecule has 0 aliphatic heterocycles. The van der Waals surface area contributed by atoms with E-state index in [4.69, 9.17) is 5.73 Å². The molecular weight excluding hydrogens is 232 g/mol. The van der Waals surface area contributed by atoms with Crippen LogP contribution in [0.25, 0.3) is 10.9 Å². The van der Waals surface area contributed by atoms with E-state index in [9.17, 15) is 4.79 Å².